The number of carbonyl (C=O) groups excluding carboxylic acids is 1. The number of nitrogens with zero attached hydrogens (tertiary/aromatic N) is 5. The highest BCUT2D eigenvalue weighted by Gasteiger charge is 2.35. The van der Waals surface area contributed by atoms with Crippen molar-refractivity contribution in [3.05, 3.63) is 61.1 Å². The zero-order chi connectivity index (χ0) is 26.9. The van der Waals surface area contributed by atoms with Gasteiger partial charge in [0.25, 0.3) is 10.0 Å². The highest BCUT2D eigenvalue weighted by Crippen LogP contribution is 2.38. The number of ether oxygens (including phenoxy) is 1. The highest BCUT2D eigenvalue weighted by atomic mass is 32.2. The van der Waals surface area contributed by atoms with Crippen LogP contribution in [0.1, 0.15) is 6.92 Å². The van der Waals surface area contributed by atoms with Crippen molar-refractivity contribution in [1.82, 2.24) is 24.2 Å². The van der Waals surface area contributed by atoms with Crippen molar-refractivity contribution in [2.45, 2.75) is 24.0 Å². The lowest BCUT2D eigenvalue weighted by molar-refractivity contribution is -0.126. The number of benzene rings is 1. The number of anilines is 2. The molecule has 5 rings (SSSR count). The molecule has 38 heavy (non-hydrogen) atoms. The number of pyridine rings is 1. The number of nitrogen functional groups attached to an aromatic ring is 1. The number of β-amino-alcohol motifs (C(OH)–C–C–N with tert-alkyl or cyclic N) is 1. The Hall–Kier alpha value is -4.07. The molecule has 4 heterocycles. The SMILES string of the molecule is CCOCC(=O)NC1CN(c2ccnc3c2c(-c2ccnc(N)n2)cn3S(=O)(=O)c2ccccc2)CC1O. The van der Waals surface area contributed by atoms with Gasteiger partial charge in [-0.1, -0.05) is 18.2 Å². The highest BCUT2D eigenvalue weighted by molar-refractivity contribution is 7.90. The fourth-order valence-corrected chi connectivity index (χ4v) is 5.89. The van der Waals surface area contributed by atoms with E-state index in [2.05, 4.69) is 20.3 Å². The van der Waals surface area contributed by atoms with Crippen LogP contribution in [0.5, 0.6) is 0 Å². The van der Waals surface area contributed by atoms with Crippen molar-refractivity contribution < 1.29 is 23.1 Å². The largest absolute Gasteiger partial charge is 0.389 e. The maximum atomic E-state index is 13.7. The first kappa shape index (κ1) is 25.6. The Kier molecular flexibility index (Phi) is 6.97. The summed E-state index contributed by atoms with van der Waals surface area (Å²) < 4.78 is 33.6. The molecule has 2 unspecified atom stereocenters. The Morgan fingerprint density at radius 3 is 2.66 bits per heavy atom. The molecule has 3 aromatic heterocycles. The number of hydrogen-bond donors (Lipinski definition) is 3. The van der Waals surface area contributed by atoms with Crippen molar-refractivity contribution >= 4 is 38.6 Å². The molecule has 1 fully saturated rings. The number of carbonyl (C=O) groups is 1. The Bertz CT molecular complexity index is 1580. The summed E-state index contributed by atoms with van der Waals surface area (Å²) in [5.41, 5.74) is 7.56. The Morgan fingerprint density at radius 1 is 1.16 bits per heavy atom. The molecule has 1 aliphatic heterocycles. The summed E-state index contributed by atoms with van der Waals surface area (Å²) in [4.78, 5) is 26.9. The lowest BCUT2D eigenvalue weighted by Gasteiger charge is -2.20. The third kappa shape index (κ3) is 4.78. The minimum Gasteiger partial charge on any atom is -0.389 e. The van der Waals surface area contributed by atoms with Crippen LogP contribution in [0.25, 0.3) is 22.3 Å². The van der Waals surface area contributed by atoms with E-state index in [1.165, 1.54) is 30.7 Å². The van der Waals surface area contributed by atoms with Crippen LogP contribution in [0.3, 0.4) is 0 Å². The summed E-state index contributed by atoms with van der Waals surface area (Å²) in [6, 6.07) is 10.9. The number of aromatic nitrogens is 4. The first-order valence-corrected chi connectivity index (χ1v) is 13.4. The number of hydrogen-bond acceptors (Lipinski definition) is 10. The molecule has 4 N–H and O–H groups in total. The maximum absolute atomic E-state index is 13.7. The first-order valence-electron chi connectivity index (χ1n) is 12.0. The number of aliphatic hydroxyl groups is 1. The van der Waals surface area contributed by atoms with E-state index >= 15 is 0 Å². The molecule has 0 saturated carbocycles. The summed E-state index contributed by atoms with van der Waals surface area (Å²) >= 11 is 0. The van der Waals surface area contributed by atoms with E-state index in [-0.39, 0.29) is 35.5 Å². The quantitative estimate of drug-likeness (QED) is 0.295. The average Bonchev–Trinajstić information content (AvgIpc) is 3.49. The summed E-state index contributed by atoms with van der Waals surface area (Å²) in [5, 5.41) is 14.0. The second-order valence-electron chi connectivity index (χ2n) is 8.77. The molecule has 12 nitrogen and oxygen atoms in total. The van der Waals surface area contributed by atoms with Gasteiger partial charge in [0.15, 0.2) is 5.65 Å². The number of fused-ring (bicyclic) bond motifs is 1. The lowest BCUT2D eigenvalue weighted by atomic mass is 10.1. The van der Waals surface area contributed by atoms with Crippen LogP contribution in [-0.2, 0) is 19.6 Å². The molecule has 13 heteroatoms. The minimum absolute atomic E-state index is 0.0356. The molecule has 1 saturated heterocycles. The smallest absolute Gasteiger partial charge is 0.269 e. The molecule has 1 aromatic carbocycles. The molecule has 2 atom stereocenters. The lowest BCUT2D eigenvalue weighted by Crippen LogP contribution is -2.44. The fraction of sp³-hybridized carbons (Fsp3) is 0.280. The van der Waals surface area contributed by atoms with E-state index in [1.807, 2.05) is 4.90 Å². The monoisotopic (exact) mass is 537 g/mol. The van der Waals surface area contributed by atoms with Crippen LogP contribution in [-0.4, -0.2) is 76.8 Å². The van der Waals surface area contributed by atoms with E-state index in [4.69, 9.17) is 10.5 Å². The van der Waals surface area contributed by atoms with Crippen molar-refractivity contribution in [3.8, 4) is 11.3 Å². The van der Waals surface area contributed by atoms with Crippen molar-refractivity contribution in [1.29, 1.82) is 0 Å². The molecule has 0 spiro atoms. The molecular formula is C25H27N7O5S. The van der Waals surface area contributed by atoms with Crippen LogP contribution in [0, 0.1) is 0 Å². The normalized spacial score (nSPS) is 17.7. The van der Waals surface area contributed by atoms with Crippen molar-refractivity contribution in [2.24, 2.45) is 0 Å². The van der Waals surface area contributed by atoms with Crippen LogP contribution >= 0.6 is 0 Å². The van der Waals surface area contributed by atoms with E-state index in [9.17, 15) is 18.3 Å². The fourth-order valence-electron chi connectivity index (χ4n) is 4.55. The van der Waals surface area contributed by atoms with Crippen LogP contribution in [0.4, 0.5) is 11.6 Å². The molecule has 0 bridgehead atoms. The number of nitrogens with one attached hydrogen (secondary N) is 1. The van der Waals surface area contributed by atoms with Crippen molar-refractivity contribution in [2.75, 3.05) is 36.9 Å². The summed E-state index contributed by atoms with van der Waals surface area (Å²) in [7, 11) is -4.01. The maximum Gasteiger partial charge on any atom is 0.269 e. The van der Waals surface area contributed by atoms with Gasteiger partial charge in [-0.3, -0.25) is 4.79 Å². The Balaban J connectivity index is 1.62. The number of amides is 1. The average molecular weight is 538 g/mol. The molecular weight excluding hydrogens is 510 g/mol. The van der Waals surface area contributed by atoms with E-state index < -0.39 is 22.2 Å². The van der Waals surface area contributed by atoms with Crippen molar-refractivity contribution in [3.63, 3.8) is 0 Å². The van der Waals surface area contributed by atoms with Gasteiger partial charge in [0.1, 0.15) is 6.61 Å². The third-order valence-electron chi connectivity index (χ3n) is 6.30. The predicted molar refractivity (Wildman–Crippen MR) is 141 cm³/mol. The standard InChI is InChI=1S/C25H27N7O5S/c1-2-37-15-22(34)29-19-13-31(14-21(19)33)20-9-11-27-24-23(20)17(18-8-10-28-25(26)30-18)12-32(24)38(35,36)16-6-4-3-5-7-16/h3-12,19,21,33H,2,13-15H2,1H3,(H,29,34)(H2,26,28,30). The predicted octanol–water partition coefficient (Wildman–Crippen LogP) is 1.01. The molecule has 1 aliphatic rings. The number of rotatable bonds is 8. The van der Waals surface area contributed by atoms with Crippen LogP contribution < -0.4 is 16.0 Å². The summed E-state index contributed by atoms with van der Waals surface area (Å²) in [6.45, 7) is 2.60. The summed E-state index contributed by atoms with van der Waals surface area (Å²) in [6.07, 6.45) is 3.63. The second-order valence-corrected chi connectivity index (χ2v) is 10.6. The van der Waals surface area contributed by atoms with Gasteiger partial charge < -0.3 is 25.8 Å². The second kappa shape index (κ2) is 10.4. The molecule has 0 radical (unpaired) electrons. The molecule has 198 valence electrons. The van der Waals surface area contributed by atoms with Gasteiger partial charge in [0.05, 0.1) is 33.8 Å². The van der Waals surface area contributed by atoms with Gasteiger partial charge in [-0.25, -0.2) is 27.3 Å². The van der Waals surface area contributed by atoms with Crippen LogP contribution in [0.2, 0.25) is 0 Å². The van der Waals surface area contributed by atoms with Gasteiger partial charge in [-0.2, -0.15) is 0 Å². The molecule has 4 aromatic rings. The van der Waals surface area contributed by atoms with E-state index in [0.717, 1.165) is 3.97 Å². The minimum atomic E-state index is -4.01. The molecule has 0 aliphatic carbocycles. The van der Waals surface area contributed by atoms with Gasteiger partial charge in [-0.15, -0.1) is 0 Å². The topological polar surface area (TPSA) is 166 Å². The Labute approximate surface area is 219 Å². The van der Waals surface area contributed by atoms with Crippen LogP contribution in [0.15, 0.2) is 66.0 Å². The summed E-state index contributed by atoms with van der Waals surface area (Å²) in [5.74, 6) is -0.289. The first-order chi connectivity index (χ1) is 18.3. The third-order valence-corrected chi connectivity index (χ3v) is 7.96. The van der Waals surface area contributed by atoms with Gasteiger partial charge in [0, 0.05) is 43.9 Å². The van der Waals surface area contributed by atoms with E-state index in [1.54, 1.807) is 37.3 Å². The number of nitrogens with two attached hydrogens (primary N) is 1. The van der Waals surface area contributed by atoms with Gasteiger partial charge >= 0.3 is 0 Å². The van der Waals surface area contributed by atoms with Gasteiger partial charge in [0.2, 0.25) is 11.9 Å². The Morgan fingerprint density at radius 2 is 1.92 bits per heavy atom. The van der Waals surface area contributed by atoms with Gasteiger partial charge in [-0.05, 0) is 31.2 Å². The zero-order valence-electron chi connectivity index (χ0n) is 20.6. The van der Waals surface area contributed by atoms with E-state index in [0.29, 0.717) is 35.5 Å². The zero-order valence-corrected chi connectivity index (χ0v) is 21.4. The molecule has 1 amide bonds. The number of aliphatic hydroxyl groups excluding tert-OH is 1.